The largest absolute Gasteiger partial charge is 0.504 e. The fourth-order valence-electron chi connectivity index (χ4n) is 3.50. The minimum Gasteiger partial charge on any atom is -0.504 e. The van der Waals surface area contributed by atoms with Gasteiger partial charge < -0.3 is 29.8 Å². The lowest BCUT2D eigenvalue weighted by molar-refractivity contribution is 0.100. The summed E-state index contributed by atoms with van der Waals surface area (Å²) in [4.78, 5) is 16.8. The number of aromatic hydroxyl groups is 1. The van der Waals surface area contributed by atoms with E-state index in [9.17, 15) is 9.90 Å². The van der Waals surface area contributed by atoms with Crippen molar-refractivity contribution >= 4 is 35.5 Å². The van der Waals surface area contributed by atoms with Crippen molar-refractivity contribution in [1.29, 1.82) is 0 Å². The molecule has 0 fully saturated rings. The molecule has 0 amide bonds. The molecule has 182 valence electrons. The second-order valence-corrected chi connectivity index (χ2v) is 7.41. The van der Waals surface area contributed by atoms with Crippen LogP contribution < -0.4 is 24.7 Å². The van der Waals surface area contributed by atoms with Crippen molar-refractivity contribution in [2.45, 2.75) is 6.42 Å². The third-order valence-corrected chi connectivity index (χ3v) is 5.20. The number of nitrogen functional groups attached to an aromatic ring is 1. The number of para-hydroxylation sites is 1. The molecule has 0 saturated carbocycles. The second-order valence-electron chi connectivity index (χ2n) is 7.41. The summed E-state index contributed by atoms with van der Waals surface area (Å²) in [5, 5.41) is 10.5. The van der Waals surface area contributed by atoms with Crippen LogP contribution in [0.4, 0.5) is 11.4 Å². The molecule has 3 aromatic rings. The highest BCUT2D eigenvalue weighted by molar-refractivity contribution is 6.07. The van der Waals surface area contributed by atoms with E-state index in [0.29, 0.717) is 39.8 Å². The zero-order chi connectivity index (χ0) is 25.4. The number of ether oxygens (including phenoxy) is 4. The number of aliphatic imine (C=N–C) groups is 1. The SMILES string of the molecule is COc1cc(/C=C\c2cc(O)c(OC)c(N=CCC(=O)c3ccccc3N)c2)cc(OC)c1OC. The first-order valence-electron chi connectivity index (χ1n) is 10.7. The van der Waals surface area contributed by atoms with Crippen LogP contribution in [0.5, 0.6) is 28.7 Å². The van der Waals surface area contributed by atoms with E-state index < -0.39 is 0 Å². The number of carbonyl (C=O) groups excluding carboxylic acids is 1. The Morgan fingerprint density at radius 3 is 2.06 bits per heavy atom. The van der Waals surface area contributed by atoms with Gasteiger partial charge in [0, 0.05) is 23.9 Å². The molecule has 0 saturated heterocycles. The number of hydrogen-bond acceptors (Lipinski definition) is 8. The molecule has 0 unspecified atom stereocenters. The molecule has 8 nitrogen and oxygen atoms in total. The van der Waals surface area contributed by atoms with Crippen LogP contribution in [0.3, 0.4) is 0 Å². The number of carbonyl (C=O) groups is 1. The predicted octanol–water partition coefficient (Wildman–Crippen LogP) is 5.15. The van der Waals surface area contributed by atoms with Crippen molar-refractivity contribution in [2.75, 3.05) is 34.2 Å². The summed E-state index contributed by atoms with van der Waals surface area (Å²) in [6.07, 6.45) is 5.15. The molecule has 0 spiro atoms. The highest BCUT2D eigenvalue weighted by Gasteiger charge is 2.13. The highest BCUT2D eigenvalue weighted by Crippen LogP contribution is 2.40. The molecular weight excluding hydrogens is 448 g/mol. The van der Waals surface area contributed by atoms with E-state index in [1.807, 2.05) is 6.08 Å². The van der Waals surface area contributed by atoms with Gasteiger partial charge in [0.2, 0.25) is 5.75 Å². The second kappa shape index (κ2) is 11.6. The van der Waals surface area contributed by atoms with Gasteiger partial charge >= 0.3 is 0 Å². The van der Waals surface area contributed by atoms with Crippen molar-refractivity contribution in [1.82, 2.24) is 0 Å². The smallest absolute Gasteiger partial charge is 0.203 e. The summed E-state index contributed by atoms with van der Waals surface area (Å²) >= 11 is 0. The number of Topliss-reactive ketones (excluding diaryl/α,β-unsaturated/α-hetero) is 1. The zero-order valence-electron chi connectivity index (χ0n) is 20.1. The number of anilines is 1. The van der Waals surface area contributed by atoms with E-state index in [-0.39, 0.29) is 23.7 Å². The Morgan fingerprint density at radius 2 is 1.49 bits per heavy atom. The van der Waals surface area contributed by atoms with Gasteiger partial charge in [-0.05, 0) is 47.5 Å². The Kier molecular flexibility index (Phi) is 8.34. The fourth-order valence-corrected chi connectivity index (χ4v) is 3.50. The number of rotatable bonds is 10. The number of nitrogens with zero attached hydrogens (tertiary/aromatic N) is 1. The average molecular weight is 477 g/mol. The van der Waals surface area contributed by atoms with Gasteiger partial charge in [-0.2, -0.15) is 0 Å². The molecule has 0 radical (unpaired) electrons. The lowest BCUT2D eigenvalue weighted by Gasteiger charge is -2.13. The molecule has 3 N–H and O–H groups in total. The van der Waals surface area contributed by atoms with E-state index in [0.717, 1.165) is 5.56 Å². The molecule has 0 atom stereocenters. The highest BCUT2D eigenvalue weighted by atomic mass is 16.5. The van der Waals surface area contributed by atoms with Crippen molar-refractivity contribution < 1.29 is 28.8 Å². The minimum absolute atomic E-state index is 0.0453. The first-order valence-corrected chi connectivity index (χ1v) is 10.7. The monoisotopic (exact) mass is 476 g/mol. The summed E-state index contributed by atoms with van der Waals surface area (Å²) in [5.74, 6) is 1.52. The van der Waals surface area contributed by atoms with Crippen LogP contribution >= 0.6 is 0 Å². The molecule has 0 bridgehead atoms. The zero-order valence-corrected chi connectivity index (χ0v) is 20.1. The number of hydrogen-bond donors (Lipinski definition) is 2. The molecule has 0 aliphatic carbocycles. The lowest BCUT2D eigenvalue weighted by atomic mass is 10.1. The normalized spacial score (nSPS) is 11.1. The Balaban J connectivity index is 1.87. The van der Waals surface area contributed by atoms with Crippen LogP contribution in [0.15, 0.2) is 53.5 Å². The van der Waals surface area contributed by atoms with Gasteiger partial charge in [0.05, 0.1) is 28.4 Å². The van der Waals surface area contributed by atoms with Crippen LogP contribution in [0.1, 0.15) is 27.9 Å². The molecule has 0 heterocycles. The van der Waals surface area contributed by atoms with Gasteiger partial charge in [0.15, 0.2) is 28.8 Å². The molecule has 0 aliphatic heterocycles. The van der Waals surface area contributed by atoms with Crippen molar-refractivity contribution in [3.63, 3.8) is 0 Å². The van der Waals surface area contributed by atoms with E-state index in [2.05, 4.69) is 4.99 Å². The summed E-state index contributed by atoms with van der Waals surface area (Å²) in [7, 11) is 6.08. The van der Waals surface area contributed by atoms with Crippen molar-refractivity contribution in [3.05, 3.63) is 65.2 Å². The Bertz CT molecular complexity index is 1240. The molecule has 3 rings (SSSR count). The maximum Gasteiger partial charge on any atom is 0.203 e. The van der Waals surface area contributed by atoms with Crippen LogP contribution in [0, 0.1) is 0 Å². The average Bonchev–Trinajstić information content (AvgIpc) is 2.86. The third kappa shape index (κ3) is 5.92. The maximum atomic E-state index is 12.5. The maximum absolute atomic E-state index is 12.5. The predicted molar refractivity (Wildman–Crippen MR) is 138 cm³/mol. The van der Waals surface area contributed by atoms with E-state index in [4.69, 9.17) is 24.7 Å². The summed E-state index contributed by atoms with van der Waals surface area (Å²) in [5.41, 5.74) is 8.58. The number of ketones is 1. The lowest BCUT2D eigenvalue weighted by Crippen LogP contribution is -2.03. The van der Waals surface area contributed by atoms with Gasteiger partial charge in [-0.1, -0.05) is 24.3 Å². The standard InChI is InChI=1S/C27H28N2O6/c1-32-24-15-18(16-25(33-2)27(24)35-4)10-9-17-13-21(26(34-3)23(31)14-17)29-12-11-22(30)19-7-5-6-8-20(19)28/h5-10,12-16,31H,11,28H2,1-4H3/b10-9-,29-12?. The van der Waals surface area contributed by atoms with Crippen molar-refractivity contribution in [2.24, 2.45) is 4.99 Å². The minimum atomic E-state index is -0.159. The quantitative estimate of drug-likeness (QED) is 0.180. The number of phenols is 1. The number of phenolic OH excluding ortho intramolecular Hbond substituents is 1. The summed E-state index contributed by atoms with van der Waals surface area (Å²) < 4.78 is 21.4. The van der Waals surface area contributed by atoms with Crippen LogP contribution in [0.25, 0.3) is 12.2 Å². The number of benzene rings is 3. The fraction of sp³-hybridized carbons (Fsp3) is 0.185. The molecule has 35 heavy (non-hydrogen) atoms. The topological polar surface area (TPSA) is 113 Å². The van der Waals surface area contributed by atoms with Gasteiger partial charge in [-0.25, -0.2) is 0 Å². The van der Waals surface area contributed by atoms with Gasteiger partial charge in [-0.15, -0.1) is 0 Å². The van der Waals surface area contributed by atoms with E-state index in [1.54, 1.807) is 75.9 Å². The first kappa shape index (κ1) is 25.2. The first-order chi connectivity index (χ1) is 16.9. The Hall–Kier alpha value is -4.46. The Morgan fingerprint density at radius 1 is 0.886 bits per heavy atom. The molecular formula is C27H28N2O6. The van der Waals surface area contributed by atoms with Crippen LogP contribution in [-0.2, 0) is 0 Å². The number of methoxy groups -OCH3 is 4. The molecule has 0 aliphatic rings. The van der Waals surface area contributed by atoms with Gasteiger partial charge in [-0.3, -0.25) is 9.79 Å². The Labute approximate surface area is 204 Å². The van der Waals surface area contributed by atoms with E-state index >= 15 is 0 Å². The van der Waals surface area contributed by atoms with Gasteiger partial charge in [0.25, 0.3) is 0 Å². The molecule has 0 aromatic heterocycles. The number of nitrogens with two attached hydrogens (primary N) is 1. The van der Waals surface area contributed by atoms with Crippen LogP contribution in [-0.4, -0.2) is 45.5 Å². The van der Waals surface area contributed by atoms with Crippen LogP contribution in [0.2, 0.25) is 0 Å². The van der Waals surface area contributed by atoms with E-state index in [1.165, 1.54) is 13.3 Å². The third-order valence-electron chi connectivity index (χ3n) is 5.20. The van der Waals surface area contributed by atoms with Crippen molar-refractivity contribution in [3.8, 4) is 28.7 Å². The summed E-state index contributed by atoms with van der Waals surface area (Å²) in [6.45, 7) is 0. The molecule has 8 heteroatoms. The summed E-state index contributed by atoms with van der Waals surface area (Å²) in [6, 6.07) is 13.8. The van der Waals surface area contributed by atoms with Gasteiger partial charge in [0.1, 0.15) is 5.69 Å². The molecule has 3 aromatic carbocycles.